The molecule has 3 aromatic rings. The first-order valence-electron chi connectivity index (χ1n) is 5.91. The van der Waals surface area contributed by atoms with E-state index in [2.05, 4.69) is 39.2 Å². The van der Waals surface area contributed by atoms with Gasteiger partial charge in [0.1, 0.15) is 5.82 Å². The van der Waals surface area contributed by atoms with Gasteiger partial charge in [-0.05, 0) is 13.0 Å². The Kier molecular flexibility index (Phi) is 2.69. The molecule has 0 saturated carbocycles. The molecule has 0 radical (unpaired) electrons. The van der Waals surface area contributed by atoms with Crippen LogP contribution in [0.3, 0.4) is 0 Å². The normalized spacial score (nSPS) is 11.3. The Hall–Kier alpha value is -1.65. The predicted octanol–water partition coefficient (Wildman–Crippen LogP) is 3.07. The third kappa shape index (κ3) is 1.57. The summed E-state index contributed by atoms with van der Waals surface area (Å²) < 4.78 is 3.41. The van der Waals surface area contributed by atoms with Crippen molar-refractivity contribution >= 4 is 21.4 Å². The van der Waals surface area contributed by atoms with Gasteiger partial charge in [0.05, 0.1) is 17.9 Å². The van der Waals surface area contributed by atoms with Crippen LogP contribution < -0.4 is 5.73 Å². The summed E-state index contributed by atoms with van der Waals surface area (Å²) in [6.07, 6.45) is 0. The number of thiophene rings is 1. The minimum absolute atomic E-state index is 0.472. The molecular weight excluding hydrogens is 242 g/mol. The van der Waals surface area contributed by atoms with Gasteiger partial charge < -0.3 is 10.3 Å². The summed E-state index contributed by atoms with van der Waals surface area (Å²) in [4.78, 5) is 4.53. The maximum absolute atomic E-state index is 5.72. The average molecular weight is 257 g/mol. The van der Waals surface area contributed by atoms with Gasteiger partial charge in [-0.15, -0.1) is 11.3 Å². The third-order valence-electron chi connectivity index (χ3n) is 3.28. The van der Waals surface area contributed by atoms with Crippen molar-refractivity contribution in [2.45, 2.75) is 13.5 Å². The van der Waals surface area contributed by atoms with Crippen LogP contribution in [-0.2, 0) is 13.6 Å². The van der Waals surface area contributed by atoms with Crippen molar-refractivity contribution in [2.75, 3.05) is 0 Å². The molecule has 1 aromatic carbocycles. The van der Waals surface area contributed by atoms with Crippen molar-refractivity contribution in [2.24, 2.45) is 12.8 Å². The van der Waals surface area contributed by atoms with Crippen molar-refractivity contribution < 1.29 is 0 Å². The zero-order valence-electron chi connectivity index (χ0n) is 10.5. The molecule has 2 heterocycles. The highest BCUT2D eigenvalue weighted by Gasteiger charge is 2.15. The molecule has 18 heavy (non-hydrogen) atoms. The quantitative estimate of drug-likeness (QED) is 0.766. The van der Waals surface area contributed by atoms with Crippen LogP contribution in [0.1, 0.15) is 11.5 Å². The standard InChI is InChI=1S/C14H15N3S/c1-9-14(17(2)13(7-15)16-9)11-8-18-12-6-4-3-5-10(11)12/h3-6,8H,7,15H2,1-2H3. The Bertz CT molecular complexity index is 709. The van der Waals surface area contributed by atoms with Gasteiger partial charge in [-0.3, -0.25) is 0 Å². The highest BCUT2D eigenvalue weighted by Crippen LogP contribution is 2.35. The number of hydrogen-bond acceptors (Lipinski definition) is 3. The molecule has 0 aliphatic heterocycles. The van der Waals surface area contributed by atoms with E-state index >= 15 is 0 Å². The lowest BCUT2D eigenvalue weighted by Crippen LogP contribution is -2.05. The van der Waals surface area contributed by atoms with Crippen LogP contribution in [0.2, 0.25) is 0 Å². The van der Waals surface area contributed by atoms with Gasteiger partial charge in [0.15, 0.2) is 0 Å². The molecule has 2 aromatic heterocycles. The van der Waals surface area contributed by atoms with Crippen LogP contribution in [0.5, 0.6) is 0 Å². The maximum atomic E-state index is 5.72. The van der Waals surface area contributed by atoms with Crippen molar-refractivity contribution in [1.29, 1.82) is 0 Å². The molecule has 0 aliphatic rings. The van der Waals surface area contributed by atoms with Crippen molar-refractivity contribution in [3.05, 3.63) is 41.2 Å². The predicted molar refractivity (Wildman–Crippen MR) is 76.7 cm³/mol. The number of imidazole rings is 1. The second-order valence-electron chi connectivity index (χ2n) is 4.37. The van der Waals surface area contributed by atoms with Crippen molar-refractivity contribution in [3.63, 3.8) is 0 Å². The second-order valence-corrected chi connectivity index (χ2v) is 5.28. The minimum atomic E-state index is 0.472. The molecule has 92 valence electrons. The Morgan fingerprint density at radius 1 is 1.33 bits per heavy atom. The molecule has 0 unspecified atom stereocenters. The van der Waals surface area contributed by atoms with E-state index in [0.29, 0.717) is 6.54 Å². The fourth-order valence-electron chi connectivity index (χ4n) is 2.41. The Labute approximate surface area is 110 Å². The number of hydrogen-bond donors (Lipinski definition) is 1. The lowest BCUT2D eigenvalue weighted by atomic mass is 10.1. The smallest absolute Gasteiger partial charge is 0.122 e. The van der Waals surface area contributed by atoms with Crippen molar-refractivity contribution in [1.82, 2.24) is 9.55 Å². The summed E-state index contributed by atoms with van der Waals surface area (Å²) in [7, 11) is 2.03. The Balaban J connectivity index is 2.29. The summed E-state index contributed by atoms with van der Waals surface area (Å²) in [6, 6.07) is 8.47. The Morgan fingerprint density at radius 3 is 2.83 bits per heavy atom. The van der Waals surface area contributed by atoms with Gasteiger partial charge in [0.25, 0.3) is 0 Å². The molecule has 0 aliphatic carbocycles. The molecule has 0 amide bonds. The van der Waals surface area contributed by atoms with Gasteiger partial charge in [-0.2, -0.15) is 0 Å². The van der Waals surface area contributed by atoms with E-state index in [1.165, 1.54) is 21.3 Å². The molecular formula is C14H15N3S. The fraction of sp³-hybridized carbons (Fsp3) is 0.214. The topological polar surface area (TPSA) is 43.8 Å². The van der Waals surface area contributed by atoms with E-state index in [4.69, 9.17) is 5.73 Å². The molecule has 3 nitrogen and oxygen atoms in total. The zero-order chi connectivity index (χ0) is 12.7. The maximum Gasteiger partial charge on any atom is 0.122 e. The molecule has 3 rings (SSSR count). The fourth-order valence-corrected chi connectivity index (χ4v) is 3.36. The summed E-state index contributed by atoms with van der Waals surface area (Å²) >= 11 is 1.77. The first kappa shape index (κ1) is 11.4. The third-order valence-corrected chi connectivity index (χ3v) is 4.24. The van der Waals surface area contributed by atoms with Gasteiger partial charge in [0, 0.05) is 28.1 Å². The highest BCUT2D eigenvalue weighted by molar-refractivity contribution is 7.17. The van der Waals surface area contributed by atoms with Crippen LogP contribution in [0.25, 0.3) is 21.3 Å². The molecule has 0 bridgehead atoms. The van der Waals surface area contributed by atoms with Gasteiger partial charge in [-0.1, -0.05) is 18.2 Å². The van der Waals surface area contributed by atoms with Crippen LogP contribution in [-0.4, -0.2) is 9.55 Å². The minimum Gasteiger partial charge on any atom is -0.330 e. The number of aryl methyl sites for hydroxylation is 1. The average Bonchev–Trinajstić information content (AvgIpc) is 2.91. The number of benzene rings is 1. The monoisotopic (exact) mass is 257 g/mol. The molecule has 0 saturated heterocycles. The van der Waals surface area contributed by atoms with Crippen LogP contribution >= 0.6 is 11.3 Å². The molecule has 0 spiro atoms. The summed E-state index contributed by atoms with van der Waals surface area (Å²) in [6.45, 7) is 2.51. The van der Waals surface area contributed by atoms with Crippen molar-refractivity contribution in [3.8, 4) is 11.3 Å². The van der Waals surface area contributed by atoms with Crippen LogP contribution in [0.4, 0.5) is 0 Å². The lowest BCUT2D eigenvalue weighted by Gasteiger charge is -2.04. The summed E-state index contributed by atoms with van der Waals surface area (Å²) in [5.41, 5.74) is 9.19. The van der Waals surface area contributed by atoms with Crippen LogP contribution in [0, 0.1) is 6.92 Å². The number of nitrogens with two attached hydrogens (primary N) is 1. The SMILES string of the molecule is Cc1nc(CN)n(C)c1-c1csc2ccccc12. The number of aromatic nitrogens is 2. The molecule has 0 atom stereocenters. The summed E-state index contributed by atoms with van der Waals surface area (Å²) in [5, 5.41) is 3.49. The van der Waals surface area contributed by atoms with E-state index in [0.717, 1.165) is 11.5 Å². The lowest BCUT2D eigenvalue weighted by molar-refractivity contribution is 0.799. The van der Waals surface area contributed by atoms with E-state index in [1.807, 2.05) is 14.0 Å². The first-order valence-corrected chi connectivity index (χ1v) is 6.79. The van der Waals surface area contributed by atoms with E-state index in [9.17, 15) is 0 Å². The summed E-state index contributed by atoms with van der Waals surface area (Å²) in [5.74, 6) is 0.929. The van der Waals surface area contributed by atoms with Gasteiger partial charge >= 0.3 is 0 Å². The first-order chi connectivity index (χ1) is 8.72. The number of nitrogens with zero attached hydrogens (tertiary/aromatic N) is 2. The second kappa shape index (κ2) is 4.23. The highest BCUT2D eigenvalue weighted by atomic mass is 32.1. The molecule has 4 heteroatoms. The number of fused-ring (bicyclic) bond motifs is 1. The Morgan fingerprint density at radius 2 is 2.11 bits per heavy atom. The van der Waals surface area contributed by atoms with Gasteiger partial charge in [-0.25, -0.2) is 4.98 Å². The largest absolute Gasteiger partial charge is 0.330 e. The van der Waals surface area contributed by atoms with E-state index < -0.39 is 0 Å². The van der Waals surface area contributed by atoms with E-state index in [1.54, 1.807) is 11.3 Å². The van der Waals surface area contributed by atoms with Gasteiger partial charge in [0.2, 0.25) is 0 Å². The van der Waals surface area contributed by atoms with Crippen LogP contribution in [0.15, 0.2) is 29.6 Å². The molecule has 2 N–H and O–H groups in total. The number of rotatable bonds is 2. The zero-order valence-corrected chi connectivity index (χ0v) is 11.3. The van der Waals surface area contributed by atoms with E-state index in [-0.39, 0.29) is 0 Å². The molecule has 0 fully saturated rings.